The van der Waals surface area contributed by atoms with E-state index in [1.807, 2.05) is 25.1 Å². The van der Waals surface area contributed by atoms with Crippen LogP contribution in [0.2, 0.25) is 0 Å². The van der Waals surface area contributed by atoms with Crippen molar-refractivity contribution in [3.05, 3.63) is 45.7 Å². The van der Waals surface area contributed by atoms with E-state index in [9.17, 15) is 4.79 Å². The average Bonchev–Trinajstić information content (AvgIpc) is 2.70. The van der Waals surface area contributed by atoms with Crippen molar-refractivity contribution in [3.63, 3.8) is 0 Å². The van der Waals surface area contributed by atoms with Crippen LogP contribution < -0.4 is 4.74 Å². The Bertz CT molecular complexity index is 622. The lowest BCUT2D eigenvalue weighted by atomic mass is 10.2. The van der Waals surface area contributed by atoms with Gasteiger partial charge in [-0.25, -0.2) is 4.79 Å². The maximum absolute atomic E-state index is 11.0. The third-order valence-electron chi connectivity index (χ3n) is 2.79. The summed E-state index contributed by atoms with van der Waals surface area (Å²) in [6, 6.07) is 5.66. The standard InChI is InChI=1S/C13H13BrN2O3/c1-8-5-9(14)3-4-12(8)19-7-11-10(13(17)18)6-15-16(11)2/h3-6H,7H2,1-2H3,(H,17,18). The summed E-state index contributed by atoms with van der Waals surface area (Å²) < 4.78 is 8.15. The molecule has 0 bridgehead atoms. The summed E-state index contributed by atoms with van der Waals surface area (Å²) in [5, 5.41) is 13.0. The number of carboxylic acids is 1. The number of halogens is 1. The van der Waals surface area contributed by atoms with Crippen LogP contribution in [0.1, 0.15) is 21.6 Å². The molecule has 0 fully saturated rings. The Labute approximate surface area is 118 Å². The lowest BCUT2D eigenvalue weighted by Crippen LogP contribution is -2.08. The second-order valence-corrected chi connectivity index (χ2v) is 5.05. The van der Waals surface area contributed by atoms with E-state index in [1.54, 1.807) is 7.05 Å². The average molecular weight is 325 g/mol. The predicted molar refractivity (Wildman–Crippen MR) is 73.4 cm³/mol. The van der Waals surface area contributed by atoms with Crippen LogP contribution in [0.15, 0.2) is 28.9 Å². The first-order chi connectivity index (χ1) is 8.99. The lowest BCUT2D eigenvalue weighted by Gasteiger charge is -2.10. The highest BCUT2D eigenvalue weighted by molar-refractivity contribution is 9.10. The zero-order chi connectivity index (χ0) is 14.0. The van der Waals surface area contributed by atoms with Gasteiger partial charge in [-0.05, 0) is 30.7 Å². The molecule has 1 aromatic carbocycles. The van der Waals surface area contributed by atoms with E-state index in [0.717, 1.165) is 15.8 Å². The number of nitrogens with zero attached hydrogens (tertiary/aromatic N) is 2. The Kier molecular flexibility index (Phi) is 3.90. The predicted octanol–water partition coefficient (Wildman–Crippen LogP) is 2.77. The van der Waals surface area contributed by atoms with Gasteiger partial charge in [0.25, 0.3) is 0 Å². The normalized spacial score (nSPS) is 10.5. The van der Waals surface area contributed by atoms with Crippen LogP contribution in [0.5, 0.6) is 5.75 Å². The van der Waals surface area contributed by atoms with Gasteiger partial charge < -0.3 is 9.84 Å². The van der Waals surface area contributed by atoms with Crippen LogP contribution >= 0.6 is 15.9 Å². The van der Waals surface area contributed by atoms with Gasteiger partial charge in [0.15, 0.2) is 0 Å². The first-order valence-corrected chi connectivity index (χ1v) is 6.41. The van der Waals surface area contributed by atoms with Crippen molar-refractivity contribution in [1.29, 1.82) is 0 Å². The molecule has 0 amide bonds. The van der Waals surface area contributed by atoms with Crippen molar-refractivity contribution < 1.29 is 14.6 Å². The highest BCUT2D eigenvalue weighted by Crippen LogP contribution is 2.23. The highest BCUT2D eigenvalue weighted by atomic mass is 79.9. The first kappa shape index (κ1) is 13.6. The summed E-state index contributed by atoms with van der Waals surface area (Å²) >= 11 is 3.38. The minimum atomic E-state index is -1.00. The molecule has 2 rings (SSSR count). The monoisotopic (exact) mass is 324 g/mol. The molecular formula is C13H13BrN2O3. The van der Waals surface area contributed by atoms with Crippen molar-refractivity contribution >= 4 is 21.9 Å². The van der Waals surface area contributed by atoms with Gasteiger partial charge in [-0.2, -0.15) is 5.10 Å². The van der Waals surface area contributed by atoms with Crippen molar-refractivity contribution in [2.45, 2.75) is 13.5 Å². The SMILES string of the molecule is Cc1cc(Br)ccc1OCc1c(C(=O)O)cnn1C. The molecule has 0 radical (unpaired) electrons. The second kappa shape index (κ2) is 5.44. The van der Waals surface area contributed by atoms with Gasteiger partial charge in [-0.3, -0.25) is 4.68 Å². The Hall–Kier alpha value is -1.82. The van der Waals surface area contributed by atoms with Crippen LogP contribution in [0.4, 0.5) is 0 Å². The minimum Gasteiger partial charge on any atom is -0.487 e. The molecule has 2 aromatic rings. The van der Waals surface area contributed by atoms with Gasteiger partial charge in [0.05, 0.1) is 11.9 Å². The topological polar surface area (TPSA) is 64.3 Å². The van der Waals surface area contributed by atoms with E-state index in [-0.39, 0.29) is 12.2 Å². The molecule has 19 heavy (non-hydrogen) atoms. The van der Waals surface area contributed by atoms with Crippen molar-refractivity contribution in [1.82, 2.24) is 9.78 Å². The number of carbonyl (C=O) groups is 1. The van der Waals surface area contributed by atoms with Crippen LogP contribution in [0.3, 0.4) is 0 Å². The third kappa shape index (κ3) is 2.96. The highest BCUT2D eigenvalue weighted by Gasteiger charge is 2.15. The van der Waals surface area contributed by atoms with Crippen LogP contribution in [0, 0.1) is 6.92 Å². The number of aromatic carboxylic acids is 1. The van der Waals surface area contributed by atoms with E-state index in [0.29, 0.717) is 5.69 Å². The van der Waals surface area contributed by atoms with Gasteiger partial charge in [0, 0.05) is 11.5 Å². The number of carboxylic acid groups (broad SMARTS) is 1. The largest absolute Gasteiger partial charge is 0.487 e. The Balaban J connectivity index is 2.19. The van der Waals surface area contributed by atoms with E-state index >= 15 is 0 Å². The molecule has 6 heteroatoms. The summed E-state index contributed by atoms with van der Waals surface area (Å²) in [7, 11) is 1.69. The molecule has 0 atom stereocenters. The molecular weight excluding hydrogens is 312 g/mol. The summed E-state index contributed by atoms with van der Waals surface area (Å²) in [6.45, 7) is 2.10. The minimum absolute atomic E-state index is 0.164. The number of aryl methyl sites for hydroxylation is 2. The van der Waals surface area contributed by atoms with E-state index in [2.05, 4.69) is 21.0 Å². The third-order valence-corrected chi connectivity index (χ3v) is 3.29. The van der Waals surface area contributed by atoms with Gasteiger partial charge in [-0.15, -0.1) is 0 Å². The summed E-state index contributed by atoms with van der Waals surface area (Å²) in [5.74, 6) is -0.278. The second-order valence-electron chi connectivity index (χ2n) is 4.13. The number of ether oxygens (including phenoxy) is 1. The quantitative estimate of drug-likeness (QED) is 0.939. The molecule has 0 aliphatic heterocycles. The molecule has 1 heterocycles. The molecule has 1 N–H and O–H groups in total. The lowest BCUT2D eigenvalue weighted by molar-refractivity contribution is 0.0693. The Morgan fingerprint density at radius 2 is 2.26 bits per heavy atom. The number of hydrogen-bond acceptors (Lipinski definition) is 3. The molecule has 1 aromatic heterocycles. The van der Waals surface area contributed by atoms with Gasteiger partial charge in [0.1, 0.15) is 17.9 Å². The Morgan fingerprint density at radius 1 is 1.53 bits per heavy atom. The number of hydrogen-bond donors (Lipinski definition) is 1. The fraction of sp³-hybridized carbons (Fsp3) is 0.231. The summed E-state index contributed by atoms with van der Waals surface area (Å²) in [5.41, 5.74) is 1.68. The van der Waals surface area contributed by atoms with E-state index in [1.165, 1.54) is 10.9 Å². The number of benzene rings is 1. The van der Waals surface area contributed by atoms with Crippen molar-refractivity contribution in [2.24, 2.45) is 7.05 Å². The fourth-order valence-electron chi connectivity index (χ4n) is 1.73. The summed E-state index contributed by atoms with van der Waals surface area (Å²) in [4.78, 5) is 11.0. The van der Waals surface area contributed by atoms with E-state index in [4.69, 9.17) is 9.84 Å². The molecule has 5 nitrogen and oxygen atoms in total. The van der Waals surface area contributed by atoms with Gasteiger partial charge in [0.2, 0.25) is 0 Å². The fourth-order valence-corrected chi connectivity index (χ4v) is 2.21. The maximum atomic E-state index is 11.0. The maximum Gasteiger partial charge on any atom is 0.339 e. The zero-order valence-electron chi connectivity index (χ0n) is 10.6. The number of aromatic nitrogens is 2. The van der Waals surface area contributed by atoms with Crippen LogP contribution in [-0.2, 0) is 13.7 Å². The Morgan fingerprint density at radius 3 is 2.89 bits per heavy atom. The molecule has 0 spiro atoms. The van der Waals surface area contributed by atoms with Gasteiger partial charge >= 0.3 is 5.97 Å². The molecule has 0 unspecified atom stereocenters. The van der Waals surface area contributed by atoms with Gasteiger partial charge in [-0.1, -0.05) is 15.9 Å². The molecule has 0 aliphatic rings. The van der Waals surface area contributed by atoms with Crippen molar-refractivity contribution in [2.75, 3.05) is 0 Å². The smallest absolute Gasteiger partial charge is 0.339 e. The first-order valence-electron chi connectivity index (χ1n) is 5.62. The molecule has 0 aliphatic carbocycles. The summed E-state index contributed by atoms with van der Waals surface area (Å²) in [6.07, 6.45) is 1.33. The molecule has 0 saturated carbocycles. The zero-order valence-corrected chi connectivity index (χ0v) is 12.1. The van der Waals surface area contributed by atoms with E-state index < -0.39 is 5.97 Å². The van der Waals surface area contributed by atoms with Crippen molar-refractivity contribution in [3.8, 4) is 5.75 Å². The molecule has 0 saturated heterocycles. The van der Waals surface area contributed by atoms with Crippen LogP contribution in [0.25, 0.3) is 0 Å². The number of rotatable bonds is 4. The molecule has 100 valence electrons. The van der Waals surface area contributed by atoms with Crippen LogP contribution in [-0.4, -0.2) is 20.9 Å².